The number of benzene rings is 1. The molecule has 112 valence electrons. The van der Waals surface area contributed by atoms with Crippen LogP contribution in [0.1, 0.15) is 24.2 Å². The summed E-state index contributed by atoms with van der Waals surface area (Å²) >= 11 is 0. The molecule has 2 rings (SSSR count). The van der Waals surface area contributed by atoms with Gasteiger partial charge >= 0.3 is 0 Å². The Morgan fingerprint density at radius 2 is 1.90 bits per heavy atom. The Labute approximate surface area is 126 Å². The van der Waals surface area contributed by atoms with Gasteiger partial charge in [-0.2, -0.15) is 0 Å². The van der Waals surface area contributed by atoms with Gasteiger partial charge in [0.2, 0.25) is 0 Å². The summed E-state index contributed by atoms with van der Waals surface area (Å²) in [6.07, 6.45) is 2.75. The summed E-state index contributed by atoms with van der Waals surface area (Å²) in [6.45, 7) is 3.00. The molecule has 0 spiro atoms. The van der Waals surface area contributed by atoms with Crippen LogP contribution in [0.4, 0.5) is 0 Å². The van der Waals surface area contributed by atoms with Crippen molar-refractivity contribution in [2.45, 2.75) is 19.4 Å². The zero-order valence-corrected chi connectivity index (χ0v) is 12.8. The number of methoxy groups -OCH3 is 2. The maximum atomic E-state index is 5.32. The predicted molar refractivity (Wildman–Crippen MR) is 83.9 cm³/mol. The molecule has 1 aromatic heterocycles. The molecule has 0 aliphatic heterocycles. The van der Waals surface area contributed by atoms with Crippen LogP contribution in [0, 0.1) is 0 Å². The number of aromatic nitrogens is 1. The van der Waals surface area contributed by atoms with Gasteiger partial charge in [0.05, 0.1) is 19.9 Å². The molecule has 0 aliphatic rings. The van der Waals surface area contributed by atoms with Crippen LogP contribution in [0.2, 0.25) is 0 Å². The van der Waals surface area contributed by atoms with Gasteiger partial charge in [0.1, 0.15) is 0 Å². The average molecular weight is 286 g/mol. The lowest BCUT2D eigenvalue weighted by Crippen LogP contribution is -2.22. The van der Waals surface area contributed by atoms with E-state index in [1.807, 2.05) is 36.5 Å². The monoisotopic (exact) mass is 286 g/mol. The summed E-state index contributed by atoms with van der Waals surface area (Å²) < 4.78 is 10.6. The molecule has 4 heteroatoms. The quantitative estimate of drug-likeness (QED) is 0.849. The molecule has 0 radical (unpaired) electrons. The van der Waals surface area contributed by atoms with Crippen molar-refractivity contribution >= 4 is 0 Å². The van der Waals surface area contributed by atoms with Crippen molar-refractivity contribution in [3.63, 3.8) is 0 Å². The van der Waals surface area contributed by atoms with Gasteiger partial charge in [-0.3, -0.25) is 4.98 Å². The fraction of sp³-hybridized carbons (Fsp3) is 0.353. The van der Waals surface area contributed by atoms with Crippen LogP contribution in [-0.2, 0) is 6.42 Å². The summed E-state index contributed by atoms with van der Waals surface area (Å²) in [7, 11) is 3.30. The molecule has 0 saturated heterocycles. The minimum atomic E-state index is 0.242. The first-order valence-corrected chi connectivity index (χ1v) is 7.10. The fourth-order valence-corrected chi connectivity index (χ4v) is 2.21. The van der Waals surface area contributed by atoms with E-state index in [1.165, 1.54) is 5.56 Å². The first-order valence-electron chi connectivity index (χ1n) is 7.10. The maximum Gasteiger partial charge on any atom is 0.160 e. The molecule has 0 aliphatic carbocycles. The molecule has 1 atom stereocenters. The van der Waals surface area contributed by atoms with E-state index in [2.05, 4.69) is 23.3 Å². The third-order valence-electron chi connectivity index (χ3n) is 3.44. The Morgan fingerprint density at radius 3 is 2.57 bits per heavy atom. The third kappa shape index (κ3) is 4.20. The number of hydrogen-bond donors (Lipinski definition) is 1. The van der Waals surface area contributed by atoms with Crippen molar-refractivity contribution in [2.24, 2.45) is 0 Å². The van der Waals surface area contributed by atoms with Crippen molar-refractivity contribution in [2.75, 3.05) is 20.8 Å². The lowest BCUT2D eigenvalue weighted by atomic mass is 10.1. The van der Waals surface area contributed by atoms with Crippen molar-refractivity contribution in [1.29, 1.82) is 0 Å². The number of rotatable bonds is 7. The smallest absolute Gasteiger partial charge is 0.160 e. The van der Waals surface area contributed by atoms with Crippen LogP contribution in [0.15, 0.2) is 42.6 Å². The molecule has 0 saturated carbocycles. The van der Waals surface area contributed by atoms with Gasteiger partial charge in [-0.1, -0.05) is 12.1 Å². The van der Waals surface area contributed by atoms with E-state index in [-0.39, 0.29) is 6.04 Å². The van der Waals surface area contributed by atoms with E-state index < -0.39 is 0 Å². The molecule has 4 nitrogen and oxygen atoms in total. The van der Waals surface area contributed by atoms with Crippen LogP contribution in [0.25, 0.3) is 0 Å². The van der Waals surface area contributed by atoms with Gasteiger partial charge in [-0.15, -0.1) is 0 Å². The highest BCUT2D eigenvalue weighted by Gasteiger charge is 2.07. The minimum Gasteiger partial charge on any atom is -0.493 e. The highest BCUT2D eigenvalue weighted by Crippen LogP contribution is 2.27. The van der Waals surface area contributed by atoms with Gasteiger partial charge in [0, 0.05) is 12.2 Å². The molecular weight excluding hydrogens is 264 g/mol. The average Bonchev–Trinajstić information content (AvgIpc) is 2.55. The number of nitrogens with zero attached hydrogens (tertiary/aromatic N) is 1. The highest BCUT2D eigenvalue weighted by atomic mass is 16.5. The Kier molecular flexibility index (Phi) is 5.58. The van der Waals surface area contributed by atoms with Crippen LogP contribution < -0.4 is 14.8 Å². The zero-order valence-electron chi connectivity index (χ0n) is 12.8. The summed E-state index contributed by atoms with van der Waals surface area (Å²) in [4.78, 5) is 4.36. The van der Waals surface area contributed by atoms with Gasteiger partial charge in [-0.25, -0.2) is 0 Å². The second-order valence-corrected chi connectivity index (χ2v) is 4.87. The number of pyridine rings is 1. The highest BCUT2D eigenvalue weighted by molar-refractivity contribution is 5.42. The molecule has 1 heterocycles. The van der Waals surface area contributed by atoms with E-state index in [0.29, 0.717) is 0 Å². The summed E-state index contributed by atoms with van der Waals surface area (Å²) in [5.41, 5.74) is 2.28. The Balaban J connectivity index is 1.89. The molecule has 1 aromatic carbocycles. The molecule has 0 amide bonds. The topological polar surface area (TPSA) is 43.4 Å². The van der Waals surface area contributed by atoms with Crippen molar-refractivity contribution in [3.05, 3.63) is 53.9 Å². The zero-order chi connectivity index (χ0) is 15.1. The first kappa shape index (κ1) is 15.3. The van der Waals surface area contributed by atoms with Gasteiger partial charge in [0.25, 0.3) is 0 Å². The Morgan fingerprint density at radius 1 is 1.10 bits per heavy atom. The normalized spacial score (nSPS) is 12.0. The Hall–Kier alpha value is -2.07. The summed E-state index contributed by atoms with van der Waals surface area (Å²) in [6, 6.07) is 12.2. The first-order chi connectivity index (χ1) is 10.2. The second kappa shape index (κ2) is 7.64. The molecule has 21 heavy (non-hydrogen) atoms. The van der Waals surface area contributed by atoms with Crippen LogP contribution in [0.5, 0.6) is 11.5 Å². The molecule has 0 unspecified atom stereocenters. The number of ether oxygens (including phenoxy) is 2. The molecule has 1 N–H and O–H groups in total. The predicted octanol–water partition coefficient (Wildman–Crippen LogP) is 2.99. The van der Waals surface area contributed by atoms with E-state index in [4.69, 9.17) is 9.47 Å². The molecule has 0 bridgehead atoms. The number of nitrogens with one attached hydrogen (secondary N) is 1. The van der Waals surface area contributed by atoms with Crippen molar-refractivity contribution < 1.29 is 9.47 Å². The van der Waals surface area contributed by atoms with Crippen molar-refractivity contribution in [1.82, 2.24) is 10.3 Å². The summed E-state index contributed by atoms with van der Waals surface area (Å²) in [5.74, 6) is 1.53. The van der Waals surface area contributed by atoms with Gasteiger partial charge < -0.3 is 14.8 Å². The van der Waals surface area contributed by atoms with Crippen molar-refractivity contribution in [3.8, 4) is 11.5 Å². The van der Waals surface area contributed by atoms with E-state index in [9.17, 15) is 0 Å². The largest absolute Gasteiger partial charge is 0.493 e. The van der Waals surface area contributed by atoms with Crippen LogP contribution in [-0.4, -0.2) is 25.7 Å². The molecule has 2 aromatic rings. The Bertz CT molecular complexity index is 558. The SMILES string of the molecule is COc1ccc(CCN[C@H](C)c2ccccn2)cc1OC. The lowest BCUT2D eigenvalue weighted by molar-refractivity contribution is 0.354. The minimum absolute atomic E-state index is 0.242. The van der Waals surface area contributed by atoms with Gasteiger partial charge in [-0.05, 0) is 49.7 Å². The maximum absolute atomic E-state index is 5.32. The number of hydrogen-bond acceptors (Lipinski definition) is 4. The van der Waals surface area contributed by atoms with E-state index in [1.54, 1.807) is 14.2 Å². The standard InChI is InChI=1S/C17H22N2O2/c1-13(15-6-4-5-10-19-15)18-11-9-14-7-8-16(20-2)17(12-14)21-3/h4-8,10,12-13,18H,9,11H2,1-3H3/t13-/m1/s1. The van der Waals surface area contributed by atoms with E-state index >= 15 is 0 Å². The lowest BCUT2D eigenvalue weighted by Gasteiger charge is -2.14. The van der Waals surface area contributed by atoms with Crippen LogP contribution >= 0.6 is 0 Å². The molecular formula is C17H22N2O2. The second-order valence-electron chi connectivity index (χ2n) is 4.87. The third-order valence-corrected chi connectivity index (χ3v) is 3.44. The summed E-state index contributed by atoms with van der Waals surface area (Å²) in [5, 5.41) is 3.48. The fourth-order valence-electron chi connectivity index (χ4n) is 2.21. The molecule has 0 fully saturated rings. The van der Waals surface area contributed by atoms with Gasteiger partial charge in [0.15, 0.2) is 11.5 Å². The van der Waals surface area contributed by atoms with Crippen LogP contribution in [0.3, 0.4) is 0 Å². The van der Waals surface area contributed by atoms with E-state index in [0.717, 1.165) is 30.2 Å².